The molecular formula is C12H18O4. The number of carbonyl (C=O) groups is 1. The Hall–Kier alpha value is -1.05. The van der Waals surface area contributed by atoms with Gasteiger partial charge in [-0.05, 0) is 19.3 Å². The third-order valence-corrected chi connectivity index (χ3v) is 2.55. The normalized spacial score (nSPS) is 24.6. The Balaban J connectivity index is 1.93. The number of epoxide rings is 1. The van der Waals surface area contributed by atoms with Gasteiger partial charge in [0, 0.05) is 6.92 Å². The Morgan fingerprint density at radius 2 is 2.31 bits per heavy atom. The lowest BCUT2D eigenvalue weighted by Crippen LogP contribution is -2.08. The van der Waals surface area contributed by atoms with Crippen molar-refractivity contribution in [2.45, 2.75) is 50.9 Å². The molecule has 0 aromatic carbocycles. The van der Waals surface area contributed by atoms with Crippen LogP contribution in [0.1, 0.15) is 32.6 Å². The topological polar surface area (TPSA) is 59.1 Å². The van der Waals surface area contributed by atoms with Crippen molar-refractivity contribution in [2.75, 3.05) is 6.61 Å². The first kappa shape index (κ1) is 13.0. The number of aliphatic hydroxyl groups excluding tert-OH is 1. The van der Waals surface area contributed by atoms with Crippen LogP contribution in [0.15, 0.2) is 0 Å². The highest BCUT2D eigenvalue weighted by atomic mass is 16.6. The SMILES string of the molecule is C#CC(O)CCCC[C@@H]1O[C@H]1COC(C)=O. The predicted molar refractivity (Wildman–Crippen MR) is 58.6 cm³/mol. The fraction of sp³-hybridized carbons (Fsp3) is 0.750. The summed E-state index contributed by atoms with van der Waals surface area (Å²) in [4.78, 5) is 10.5. The second-order valence-corrected chi connectivity index (χ2v) is 3.98. The average Bonchev–Trinajstić information content (AvgIpc) is 3.00. The van der Waals surface area contributed by atoms with E-state index in [1.54, 1.807) is 0 Å². The van der Waals surface area contributed by atoms with E-state index < -0.39 is 6.10 Å². The summed E-state index contributed by atoms with van der Waals surface area (Å²) in [6.45, 7) is 1.74. The molecule has 1 aliphatic heterocycles. The summed E-state index contributed by atoms with van der Waals surface area (Å²) in [5.41, 5.74) is 0. The van der Waals surface area contributed by atoms with Crippen LogP contribution in [0.5, 0.6) is 0 Å². The second kappa shape index (κ2) is 6.51. The van der Waals surface area contributed by atoms with Gasteiger partial charge in [0.2, 0.25) is 0 Å². The molecule has 0 spiro atoms. The van der Waals surface area contributed by atoms with E-state index in [0.29, 0.717) is 13.0 Å². The van der Waals surface area contributed by atoms with Crippen molar-refractivity contribution in [3.8, 4) is 12.3 Å². The molecule has 90 valence electrons. The maximum absolute atomic E-state index is 10.5. The number of carbonyl (C=O) groups excluding carboxylic acids is 1. The molecule has 0 bridgehead atoms. The van der Waals surface area contributed by atoms with Gasteiger partial charge in [-0.3, -0.25) is 4.79 Å². The predicted octanol–water partition coefficient (Wildman–Crippen LogP) is 0.871. The zero-order chi connectivity index (χ0) is 12.0. The Bertz CT molecular complexity index is 269. The third-order valence-electron chi connectivity index (χ3n) is 2.55. The highest BCUT2D eigenvalue weighted by Gasteiger charge is 2.38. The first-order valence-electron chi connectivity index (χ1n) is 5.56. The van der Waals surface area contributed by atoms with Crippen molar-refractivity contribution in [2.24, 2.45) is 0 Å². The van der Waals surface area contributed by atoms with Crippen molar-refractivity contribution in [1.82, 2.24) is 0 Å². The zero-order valence-electron chi connectivity index (χ0n) is 9.52. The van der Waals surface area contributed by atoms with Gasteiger partial charge >= 0.3 is 5.97 Å². The second-order valence-electron chi connectivity index (χ2n) is 3.98. The van der Waals surface area contributed by atoms with Gasteiger partial charge < -0.3 is 14.6 Å². The molecule has 3 atom stereocenters. The molecule has 16 heavy (non-hydrogen) atoms. The summed E-state index contributed by atoms with van der Waals surface area (Å²) in [7, 11) is 0. The van der Waals surface area contributed by atoms with Crippen LogP contribution < -0.4 is 0 Å². The van der Waals surface area contributed by atoms with Gasteiger partial charge in [0.25, 0.3) is 0 Å². The molecule has 4 nitrogen and oxygen atoms in total. The quantitative estimate of drug-likeness (QED) is 0.303. The van der Waals surface area contributed by atoms with E-state index in [0.717, 1.165) is 19.3 Å². The zero-order valence-corrected chi connectivity index (χ0v) is 9.52. The molecule has 1 fully saturated rings. The summed E-state index contributed by atoms with van der Waals surface area (Å²) < 4.78 is 10.1. The Morgan fingerprint density at radius 3 is 2.94 bits per heavy atom. The summed E-state index contributed by atoms with van der Waals surface area (Å²) in [5.74, 6) is 2.01. The highest BCUT2D eigenvalue weighted by Crippen LogP contribution is 2.27. The van der Waals surface area contributed by atoms with E-state index in [1.807, 2.05) is 0 Å². The van der Waals surface area contributed by atoms with Gasteiger partial charge in [0.05, 0.1) is 6.10 Å². The van der Waals surface area contributed by atoms with Gasteiger partial charge in [0.1, 0.15) is 18.8 Å². The average molecular weight is 226 g/mol. The minimum atomic E-state index is -0.628. The van der Waals surface area contributed by atoms with Gasteiger partial charge in [-0.15, -0.1) is 6.42 Å². The van der Waals surface area contributed by atoms with Gasteiger partial charge in [-0.25, -0.2) is 0 Å². The number of rotatable bonds is 7. The van der Waals surface area contributed by atoms with Crippen LogP contribution >= 0.6 is 0 Å². The lowest BCUT2D eigenvalue weighted by atomic mass is 10.1. The fourth-order valence-electron chi connectivity index (χ4n) is 1.55. The molecule has 0 aliphatic carbocycles. The van der Waals surface area contributed by atoms with Crippen LogP contribution in [0.25, 0.3) is 0 Å². The number of terminal acetylenes is 1. The van der Waals surface area contributed by atoms with Crippen molar-refractivity contribution in [3.63, 3.8) is 0 Å². The summed E-state index contributed by atoms with van der Waals surface area (Å²) >= 11 is 0. The summed E-state index contributed by atoms with van der Waals surface area (Å²) in [6, 6.07) is 0. The minimum absolute atomic E-state index is 0.0708. The van der Waals surface area contributed by atoms with E-state index >= 15 is 0 Å². The summed E-state index contributed by atoms with van der Waals surface area (Å²) in [6.07, 6.45) is 8.13. The van der Waals surface area contributed by atoms with Gasteiger partial charge in [0.15, 0.2) is 0 Å². The lowest BCUT2D eigenvalue weighted by Gasteiger charge is -2.01. The van der Waals surface area contributed by atoms with Crippen LogP contribution in [0.3, 0.4) is 0 Å². The first-order valence-corrected chi connectivity index (χ1v) is 5.56. The molecule has 1 aliphatic rings. The third kappa shape index (κ3) is 5.15. The molecule has 1 heterocycles. The molecular weight excluding hydrogens is 208 g/mol. The standard InChI is InChI=1S/C12H18O4/c1-3-10(14)6-4-5-7-11-12(16-11)8-15-9(2)13/h1,10-12,14H,4-8H2,2H3/t10?,11-,12-/m0/s1. The van der Waals surface area contributed by atoms with Gasteiger partial charge in [-0.1, -0.05) is 12.3 Å². The molecule has 1 unspecified atom stereocenters. The maximum atomic E-state index is 10.5. The molecule has 4 heteroatoms. The van der Waals surface area contributed by atoms with Crippen LogP contribution in [0, 0.1) is 12.3 Å². The fourth-order valence-corrected chi connectivity index (χ4v) is 1.55. The van der Waals surface area contributed by atoms with Crippen LogP contribution in [-0.2, 0) is 14.3 Å². The number of hydrogen-bond acceptors (Lipinski definition) is 4. The molecule has 0 aromatic rings. The molecule has 1 rings (SSSR count). The van der Waals surface area contributed by atoms with E-state index in [9.17, 15) is 4.79 Å². The van der Waals surface area contributed by atoms with Gasteiger partial charge in [-0.2, -0.15) is 0 Å². The van der Waals surface area contributed by atoms with Crippen LogP contribution in [0.4, 0.5) is 0 Å². The minimum Gasteiger partial charge on any atom is -0.463 e. The molecule has 0 aromatic heterocycles. The molecule has 0 amide bonds. The van der Waals surface area contributed by atoms with E-state index in [1.165, 1.54) is 6.92 Å². The molecule has 1 saturated heterocycles. The Labute approximate surface area is 95.9 Å². The van der Waals surface area contributed by atoms with Crippen LogP contribution in [0.2, 0.25) is 0 Å². The summed E-state index contributed by atoms with van der Waals surface area (Å²) in [5, 5.41) is 9.11. The van der Waals surface area contributed by atoms with Crippen molar-refractivity contribution < 1.29 is 19.4 Å². The smallest absolute Gasteiger partial charge is 0.302 e. The number of aliphatic hydroxyl groups is 1. The monoisotopic (exact) mass is 226 g/mol. The highest BCUT2D eigenvalue weighted by molar-refractivity contribution is 5.65. The maximum Gasteiger partial charge on any atom is 0.302 e. The van der Waals surface area contributed by atoms with Crippen molar-refractivity contribution >= 4 is 5.97 Å². The van der Waals surface area contributed by atoms with E-state index in [4.69, 9.17) is 21.0 Å². The Morgan fingerprint density at radius 1 is 1.56 bits per heavy atom. The van der Waals surface area contributed by atoms with Crippen molar-refractivity contribution in [3.05, 3.63) is 0 Å². The largest absolute Gasteiger partial charge is 0.463 e. The number of esters is 1. The van der Waals surface area contributed by atoms with E-state index in [-0.39, 0.29) is 18.2 Å². The Kier molecular flexibility index (Phi) is 5.30. The lowest BCUT2D eigenvalue weighted by molar-refractivity contribution is -0.141. The number of hydrogen-bond donors (Lipinski definition) is 1. The molecule has 0 radical (unpaired) electrons. The molecule has 1 N–H and O–H groups in total. The first-order chi connectivity index (χ1) is 7.63. The number of unbranched alkanes of at least 4 members (excludes halogenated alkanes) is 1. The van der Waals surface area contributed by atoms with Crippen molar-refractivity contribution in [1.29, 1.82) is 0 Å². The number of ether oxygens (including phenoxy) is 2. The van der Waals surface area contributed by atoms with Crippen LogP contribution in [-0.4, -0.2) is 36.0 Å². The van der Waals surface area contributed by atoms with E-state index in [2.05, 4.69) is 5.92 Å². The molecule has 0 saturated carbocycles.